The van der Waals surface area contributed by atoms with Crippen LogP contribution in [0, 0.1) is 11.8 Å². The van der Waals surface area contributed by atoms with Gasteiger partial charge in [0, 0.05) is 18.6 Å². The van der Waals surface area contributed by atoms with Crippen molar-refractivity contribution in [3.05, 3.63) is 35.9 Å². The molecule has 1 N–H and O–H groups in total. The first-order valence-corrected chi connectivity index (χ1v) is 11.0. The standard InChI is InChI=1S/C17H26N2.C3H6O.2C2H6/c1-13(2)17-16(15-8-10-19(17)11-9-15)18-12-14-6-4-3-5-7-14;1-3(2)4;2*1-2/h3-7,13,15-18H,8-12H2,1-2H3;1-2H3;2*1-2H3. The van der Waals surface area contributed by atoms with Crippen LogP contribution in [-0.2, 0) is 11.3 Å². The Hall–Kier alpha value is -1.19. The highest BCUT2D eigenvalue weighted by Crippen LogP contribution is 2.35. The zero-order valence-corrected chi connectivity index (χ0v) is 19.1. The molecule has 3 heteroatoms. The maximum absolute atomic E-state index is 9.44. The van der Waals surface area contributed by atoms with Crippen molar-refractivity contribution in [3.63, 3.8) is 0 Å². The number of ketones is 1. The van der Waals surface area contributed by atoms with E-state index in [1.807, 2.05) is 27.7 Å². The van der Waals surface area contributed by atoms with Crippen molar-refractivity contribution >= 4 is 5.78 Å². The number of benzene rings is 1. The summed E-state index contributed by atoms with van der Waals surface area (Å²) < 4.78 is 0. The van der Waals surface area contributed by atoms with Crippen LogP contribution in [0.15, 0.2) is 30.3 Å². The normalized spacial score (nSPS) is 25.2. The van der Waals surface area contributed by atoms with Crippen molar-refractivity contribution < 1.29 is 4.79 Å². The maximum Gasteiger partial charge on any atom is 0.126 e. The second kappa shape index (κ2) is 14.8. The van der Waals surface area contributed by atoms with Gasteiger partial charge >= 0.3 is 0 Å². The predicted octanol–water partition coefficient (Wildman–Crippen LogP) is 5.54. The van der Waals surface area contributed by atoms with Crippen LogP contribution >= 0.6 is 0 Å². The van der Waals surface area contributed by atoms with Crippen molar-refractivity contribution in [1.82, 2.24) is 10.2 Å². The SMILES string of the molecule is CC.CC.CC(C)=O.CC(C)C1C(NCc2ccccc2)C2CCN1CC2. The third-order valence-electron chi connectivity index (χ3n) is 4.94. The van der Waals surface area contributed by atoms with Gasteiger partial charge in [-0.1, -0.05) is 71.9 Å². The van der Waals surface area contributed by atoms with Gasteiger partial charge in [-0.3, -0.25) is 4.90 Å². The number of Topliss-reactive ketones (excluding diaryl/α,β-unsaturated/α-hetero) is 1. The number of carbonyl (C=O) groups is 1. The lowest BCUT2D eigenvalue weighted by atomic mass is 9.75. The van der Waals surface area contributed by atoms with Crippen molar-refractivity contribution in [2.24, 2.45) is 11.8 Å². The number of hydrogen-bond acceptors (Lipinski definition) is 3. The minimum absolute atomic E-state index is 0.167. The Morgan fingerprint density at radius 3 is 1.96 bits per heavy atom. The Morgan fingerprint density at radius 1 is 1.04 bits per heavy atom. The molecule has 0 saturated carbocycles. The quantitative estimate of drug-likeness (QED) is 0.748. The second-order valence-corrected chi connectivity index (χ2v) is 7.41. The summed E-state index contributed by atoms with van der Waals surface area (Å²) in [6.07, 6.45) is 2.77. The maximum atomic E-state index is 9.44. The van der Waals surface area contributed by atoms with E-state index in [9.17, 15) is 4.79 Å². The minimum Gasteiger partial charge on any atom is -0.308 e. The van der Waals surface area contributed by atoms with Crippen LogP contribution in [0.25, 0.3) is 0 Å². The number of rotatable bonds is 4. The van der Waals surface area contributed by atoms with Crippen LogP contribution in [-0.4, -0.2) is 35.9 Å². The van der Waals surface area contributed by atoms with Gasteiger partial charge in [-0.25, -0.2) is 0 Å². The molecular formula is C24H44N2O. The average Bonchev–Trinajstić information content (AvgIpc) is 2.70. The molecule has 4 rings (SSSR count). The molecule has 3 aliphatic heterocycles. The number of fused-ring (bicyclic) bond motifs is 3. The topological polar surface area (TPSA) is 32.3 Å². The second-order valence-electron chi connectivity index (χ2n) is 7.41. The van der Waals surface area contributed by atoms with Gasteiger partial charge in [0.25, 0.3) is 0 Å². The van der Waals surface area contributed by atoms with E-state index in [-0.39, 0.29) is 5.78 Å². The summed E-state index contributed by atoms with van der Waals surface area (Å²) in [4.78, 5) is 12.2. The Bertz CT molecular complexity index is 474. The van der Waals surface area contributed by atoms with Crippen LogP contribution < -0.4 is 5.32 Å². The molecule has 3 heterocycles. The third kappa shape index (κ3) is 9.03. The van der Waals surface area contributed by atoms with Gasteiger partial charge in [0.15, 0.2) is 0 Å². The smallest absolute Gasteiger partial charge is 0.126 e. The number of carbonyl (C=O) groups excluding carboxylic acids is 1. The fourth-order valence-electron chi connectivity index (χ4n) is 4.04. The molecule has 3 aliphatic rings. The summed E-state index contributed by atoms with van der Waals surface area (Å²) in [6, 6.07) is 12.2. The zero-order chi connectivity index (χ0) is 20.8. The summed E-state index contributed by atoms with van der Waals surface area (Å²) in [7, 11) is 0. The summed E-state index contributed by atoms with van der Waals surface area (Å²) >= 11 is 0. The third-order valence-corrected chi connectivity index (χ3v) is 4.94. The van der Waals surface area contributed by atoms with Crippen LogP contribution in [0.1, 0.15) is 73.8 Å². The monoisotopic (exact) mass is 376 g/mol. The van der Waals surface area contributed by atoms with Crippen molar-refractivity contribution in [2.75, 3.05) is 13.1 Å². The fourth-order valence-corrected chi connectivity index (χ4v) is 4.04. The van der Waals surface area contributed by atoms with Gasteiger partial charge in [0.05, 0.1) is 0 Å². The molecule has 0 aliphatic carbocycles. The van der Waals surface area contributed by atoms with E-state index in [1.54, 1.807) is 0 Å². The first-order chi connectivity index (χ1) is 13.0. The molecule has 156 valence electrons. The Kier molecular flexibility index (Phi) is 14.2. The Morgan fingerprint density at radius 2 is 1.52 bits per heavy atom. The number of hydrogen-bond donors (Lipinski definition) is 1. The molecule has 0 spiro atoms. The van der Waals surface area contributed by atoms with E-state index in [4.69, 9.17) is 0 Å². The summed E-state index contributed by atoms with van der Waals surface area (Å²) in [5, 5.41) is 3.86. The molecule has 2 atom stereocenters. The summed E-state index contributed by atoms with van der Waals surface area (Å²) in [6.45, 7) is 19.5. The zero-order valence-electron chi connectivity index (χ0n) is 19.1. The largest absolute Gasteiger partial charge is 0.308 e. The van der Waals surface area contributed by atoms with E-state index in [1.165, 1.54) is 45.3 Å². The van der Waals surface area contributed by atoms with Crippen LogP contribution in [0.3, 0.4) is 0 Å². The predicted molar refractivity (Wildman–Crippen MR) is 119 cm³/mol. The van der Waals surface area contributed by atoms with Crippen LogP contribution in [0.4, 0.5) is 0 Å². The molecular weight excluding hydrogens is 332 g/mol. The number of nitrogens with zero attached hydrogens (tertiary/aromatic N) is 1. The van der Waals surface area contributed by atoms with E-state index in [0.29, 0.717) is 6.04 Å². The minimum atomic E-state index is 0.167. The highest BCUT2D eigenvalue weighted by molar-refractivity contribution is 5.72. The number of nitrogens with one attached hydrogen (secondary N) is 1. The molecule has 3 fully saturated rings. The van der Waals surface area contributed by atoms with E-state index >= 15 is 0 Å². The highest BCUT2D eigenvalue weighted by atomic mass is 16.1. The Labute approximate surface area is 168 Å². The fraction of sp³-hybridized carbons (Fsp3) is 0.708. The first-order valence-electron chi connectivity index (χ1n) is 11.0. The van der Waals surface area contributed by atoms with Crippen LogP contribution in [0.2, 0.25) is 0 Å². The molecule has 2 bridgehead atoms. The Balaban J connectivity index is 0.000000737. The van der Waals surface area contributed by atoms with Gasteiger partial charge in [0.2, 0.25) is 0 Å². The van der Waals surface area contributed by atoms with Crippen LogP contribution in [0.5, 0.6) is 0 Å². The van der Waals surface area contributed by atoms with Crippen molar-refractivity contribution in [2.45, 2.75) is 86.9 Å². The van der Waals surface area contributed by atoms with Gasteiger partial charge in [-0.2, -0.15) is 0 Å². The lowest BCUT2D eigenvalue weighted by molar-refractivity contribution is -0.114. The van der Waals surface area contributed by atoms with Crippen molar-refractivity contribution in [1.29, 1.82) is 0 Å². The van der Waals surface area contributed by atoms with E-state index < -0.39 is 0 Å². The van der Waals surface area contributed by atoms with Gasteiger partial charge in [-0.05, 0) is 57.2 Å². The average molecular weight is 377 g/mol. The molecule has 3 nitrogen and oxygen atoms in total. The summed E-state index contributed by atoms with van der Waals surface area (Å²) in [5.74, 6) is 1.80. The molecule has 0 radical (unpaired) electrons. The van der Waals surface area contributed by atoms with E-state index in [2.05, 4.69) is 54.4 Å². The molecule has 0 aromatic heterocycles. The molecule has 1 aromatic rings. The van der Waals surface area contributed by atoms with Gasteiger partial charge < -0.3 is 10.1 Å². The van der Waals surface area contributed by atoms with Gasteiger partial charge in [0.1, 0.15) is 5.78 Å². The molecule has 27 heavy (non-hydrogen) atoms. The lowest BCUT2D eigenvalue weighted by Crippen LogP contribution is -2.64. The molecule has 2 unspecified atom stereocenters. The van der Waals surface area contributed by atoms with Gasteiger partial charge in [-0.15, -0.1) is 0 Å². The molecule has 0 amide bonds. The molecule has 1 aromatic carbocycles. The lowest BCUT2D eigenvalue weighted by Gasteiger charge is -2.53. The highest BCUT2D eigenvalue weighted by Gasteiger charge is 2.42. The number of piperidine rings is 3. The summed E-state index contributed by atoms with van der Waals surface area (Å²) in [5.41, 5.74) is 1.40. The van der Waals surface area contributed by atoms with Crippen molar-refractivity contribution in [3.8, 4) is 0 Å². The van der Waals surface area contributed by atoms with E-state index in [0.717, 1.165) is 24.4 Å². The first kappa shape index (κ1) is 25.8. The molecule has 3 saturated heterocycles.